The van der Waals surface area contributed by atoms with E-state index in [0.717, 1.165) is 36.1 Å². The van der Waals surface area contributed by atoms with Gasteiger partial charge in [0.15, 0.2) is 0 Å². The maximum absolute atomic E-state index is 11.5. The van der Waals surface area contributed by atoms with E-state index in [9.17, 15) is 9.90 Å². The number of aromatic nitrogens is 3. The average molecular weight is 336 g/mol. The Hall–Kier alpha value is -2.73. The Labute approximate surface area is 145 Å². The number of aromatic carboxylic acids is 1. The Morgan fingerprint density at radius 1 is 1.40 bits per heavy atom. The largest absolute Gasteiger partial charge is 0.478 e. The van der Waals surface area contributed by atoms with Crippen LogP contribution in [0, 0.1) is 6.92 Å². The molecule has 1 saturated heterocycles. The van der Waals surface area contributed by atoms with Crippen molar-refractivity contribution >= 4 is 16.9 Å². The number of nitrogens with zero attached hydrogens (tertiary/aromatic N) is 3. The lowest BCUT2D eigenvalue weighted by Gasteiger charge is -2.10. The normalized spacial score (nSPS) is 17.2. The Bertz CT molecular complexity index is 942. The molecule has 1 fully saturated rings. The molecule has 4 rings (SSSR count). The number of carboxylic acid groups (broad SMARTS) is 1. The first-order valence-corrected chi connectivity index (χ1v) is 8.48. The van der Waals surface area contributed by atoms with E-state index >= 15 is 0 Å². The molecule has 128 valence electrons. The Morgan fingerprint density at radius 2 is 2.28 bits per heavy atom. The van der Waals surface area contributed by atoms with Crippen molar-refractivity contribution in [2.45, 2.75) is 25.8 Å². The molecule has 0 radical (unpaired) electrons. The molecule has 2 N–H and O–H groups in total. The van der Waals surface area contributed by atoms with Gasteiger partial charge in [0, 0.05) is 30.7 Å². The zero-order valence-corrected chi connectivity index (χ0v) is 14.1. The minimum absolute atomic E-state index is 0.285. The molecule has 2 aromatic heterocycles. The molecule has 1 aliphatic heterocycles. The van der Waals surface area contributed by atoms with Crippen molar-refractivity contribution in [1.82, 2.24) is 20.1 Å². The van der Waals surface area contributed by atoms with Crippen molar-refractivity contribution < 1.29 is 9.90 Å². The summed E-state index contributed by atoms with van der Waals surface area (Å²) >= 11 is 0. The number of benzene rings is 1. The van der Waals surface area contributed by atoms with E-state index in [0.29, 0.717) is 18.0 Å². The van der Waals surface area contributed by atoms with E-state index < -0.39 is 5.97 Å². The van der Waals surface area contributed by atoms with Crippen LogP contribution in [0.5, 0.6) is 0 Å². The first-order chi connectivity index (χ1) is 12.1. The summed E-state index contributed by atoms with van der Waals surface area (Å²) in [6, 6.07) is 8.23. The van der Waals surface area contributed by atoms with Crippen LogP contribution in [0.25, 0.3) is 10.9 Å². The van der Waals surface area contributed by atoms with Gasteiger partial charge in [-0.25, -0.2) is 4.79 Å². The predicted molar refractivity (Wildman–Crippen MR) is 95.0 cm³/mol. The highest BCUT2D eigenvalue weighted by Crippen LogP contribution is 2.27. The van der Waals surface area contributed by atoms with Crippen molar-refractivity contribution in [3.05, 3.63) is 59.0 Å². The smallest absolute Gasteiger partial charge is 0.336 e. The molecule has 0 spiro atoms. The molecule has 1 aliphatic rings. The highest BCUT2D eigenvalue weighted by molar-refractivity contribution is 5.90. The zero-order chi connectivity index (χ0) is 17.4. The maximum Gasteiger partial charge on any atom is 0.336 e. The lowest BCUT2D eigenvalue weighted by atomic mass is 10.0. The second-order valence-corrected chi connectivity index (χ2v) is 6.57. The van der Waals surface area contributed by atoms with E-state index in [2.05, 4.69) is 40.1 Å². The summed E-state index contributed by atoms with van der Waals surface area (Å²) in [6.45, 7) is 3.97. The van der Waals surface area contributed by atoms with E-state index in [1.54, 1.807) is 12.3 Å². The quantitative estimate of drug-likeness (QED) is 0.765. The van der Waals surface area contributed by atoms with Gasteiger partial charge < -0.3 is 10.4 Å². The highest BCUT2D eigenvalue weighted by atomic mass is 16.4. The van der Waals surface area contributed by atoms with Gasteiger partial charge in [-0.2, -0.15) is 5.10 Å². The van der Waals surface area contributed by atoms with E-state index in [-0.39, 0.29) is 5.56 Å². The topological polar surface area (TPSA) is 80.0 Å². The van der Waals surface area contributed by atoms with E-state index in [1.165, 1.54) is 11.8 Å². The third kappa shape index (κ3) is 2.89. The van der Waals surface area contributed by atoms with Crippen LogP contribution in [-0.4, -0.2) is 38.9 Å². The van der Waals surface area contributed by atoms with Crippen molar-refractivity contribution in [3.63, 3.8) is 0 Å². The van der Waals surface area contributed by atoms with Gasteiger partial charge in [-0.3, -0.25) is 9.67 Å². The fourth-order valence-corrected chi connectivity index (χ4v) is 3.53. The molecular weight excluding hydrogens is 316 g/mol. The van der Waals surface area contributed by atoms with Crippen molar-refractivity contribution in [1.29, 1.82) is 0 Å². The first-order valence-electron chi connectivity index (χ1n) is 8.48. The second kappa shape index (κ2) is 6.29. The van der Waals surface area contributed by atoms with Gasteiger partial charge in [0.2, 0.25) is 0 Å². The van der Waals surface area contributed by atoms with Crippen LogP contribution >= 0.6 is 0 Å². The van der Waals surface area contributed by atoms with Gasteiger partial charge in [0.05, 0.1) is 22.8 Å². The monoisotopic (exact) mass is 336 g/mol. The Morgan fingerprint density at radius 3 is 3.04 bits per heavy atom. The van der Waals surface area contributed by atoms with Crippen molar-refractivity contribution in [2.24, 2.45) is 0 Å². The summed E-state index contributed by atoms with van der Waals surface area (Å²) in [7, 11) is 0. The highest BCUT2D eigenvalue weighted by Gasteiger charge is 2.22. The lowest BCUT2D eigenvalue weighted by molar-refractivity contribution is 0.0695. The molecule has 6 heteroatoms. The van der Waals surface area contributed by atoms with Gasteiger partial charge in [0.25, 0.3) is 0 Å². The average Bonchev–Trinajstić information content (AvgIpc) is 3.23. The molecule has 25 heavy (non-hydrogen) atoms. The molecule has 3 aromatic rings. The number of aryl methyl sites for hydroxylation is 1. The van der Waals surface area contributed by atoms with Crippen LogP contribution in [0.2, 0.25) is 0 Å². The summed E-state index contributed by atoms with van der Waals surface area (Å²) in [5.41, 5.74) is 4.15. The van der Waals surface area contributed by atoms with E-state index in [1.807, 2.05) is 0 Å². The van der Waals surface area contributed by atoms with Crippen molar-refractivity contribution in [2.75, 3.05) is 13.1 Å². The molecule has 1 aromatic carbocycles. The summed E-state index contributed by atoms with van der Waals surface area (Å²) in [4.78, 5) is 15.6. The fourth-order valence-electron chi connectivity index (χ4n) is 3.53. The van der Waals surface area contributed by atoms with Crippen LogP contribution in [-0.2, 0) is 6.42 Å². The number of carboxylic acids is 1. The second-order valence-electron chi connectivity index (χ2n) is 6.57. The third-order valence-electron chi connectivity index (χ3n) is 4.81. The molecule has 0 saturated carbocycles. The Kier molecular flexibility index (Phi) is 3.97. The summed E-state index contributed by atoms with van der Waals surface area (Å²) in [6.07, 6.45) is 4.65. The first kappa shape index (κ1) is 15.8. The van der Waals surface area contributed by atoms with Gasteiger partial charge in [-0.05, 0) is 43.7 Å². The molecule has 1 atom stereocenters. The van der Waals surface area contributed by atoms with Crippen LogP contribution in [0.1, 0.15) is 39.6 Å². The summed E-state index contributed by atoms with van der Waals surface area (Å²) in [5, 5.41) is 18.8. The number of carbonyl (C=O) groups is 1. The van der Waals surface area contributed by atoms with E-state index in [4.69, 9.17) is 5.10 Å². The van der Waals surface area contributed by atoms with Gasteiger partial charge in [-0.1, -0.05) is 11.6 Å². The van der Waals surface area contributed by atoms with Crippen LogP contribution in [0.15, 0.2) is 36.7 Å². The van der Waals surface area contributed by atoms with Gasteiger partial charge in [-0.15, -0.1) is 0 Å². The maximum atomic E-state index is 11.5. The van der Waals surface area contributed by atoms with Crippen molar-refractivity contribution in [3.8, 4) is 0 Å². The summed E-state index contributed by atoms with van der Waals surface area (Å²) in [5.74, 6) is -0.933. The molecule has 0 unspecified atom stereocenters. The number of fused-ring (bicyclic) bond motifs is 1. The fraction of sp³-hybridized carbons (Fsp3) is 0.316. The zero-order valence-electron chi connectivity index (χ0n) is 14.1. The molecule has 0 bridgehead atoms. The number of hydrogen-bond donors (Lipinski definition) is 2. The molecular formula is C19H20N4O2. The standard InChI is InChI=1S/C19H20N4O2/c1-12-2-3-18-16(8-12)17(22-23(18)14-4-6-21-11-14)9-13-10-20-7-5-15(13)19(24)25/h2-3,5,7-8,10,14,21H,4,6,9,11H2,1H3,(H,24,25)/t14-/m1/s1. The minimum atomic E-state index is -0.933. The molecule has 3 heterocycles. The predicted octanol–water partition coefficient (Wildman–Crippen LogP) is 2.56. The van der Waals surface area contributed by atoms with Gasteiger partial charge in [0.1, 0.15) is 0 Å². The van der Waals surface area contributed by atoms with Gasteiger partial charge >= 0.3 is 5.97 Å². The number of pyridine rings is 1. The van der Waals surface area contributed by atoms with Crippen LogP contribution in [0.3, 0.4) is 0 Å². The van der Waals surface area contributed by atoms with Crippen LogP contribution in [0.4, 0.5) is 0 Å². The SMILES string of the molecule is Cc1ccc2c(c1)c(Cc1cnccc1C(=O)O)nn2[C@@H]1CCNC1. The lowest BCUT2D eigenvalue weighted by Crippen LogP contribution is -2.14. The van der Waals surface area contributed by atoms with Crippen LogP contribution < -0.4 is 5.32 Å². The molecule has 0 amide bonds. The minimum Gasteiger partial charge on any atom is -0.478 e. The molecule has 6 nitrogen and oxygen atoms in total. The number of rotatable bonds is 4. The molecule has 0 aliphatic carbocycles. The third-order valence-corrected chi connectivity index (χ3v) is 4.81. The Balaban J connectivity index is 1.82. The number of nitrogens with one attached hydrogen (secondary N) is 1. The number of hydrogen-bond acceptors (Lipinski definition) is 4. The summed E-state index contributed by atoms with van der Waals surface area (Å²) < 4.78 is 2.10.